The number of carbonyl (C=O) groups excluding carboxylic acids is 1. The van der Waals surface area contributed by atoms with Crippen LogP contribution < -0.4 is 0 Å². The number of nitrogens with zero attached hydrogens (tertiary/aromatic N) is 2. The average molecular weight is 234 g/mol. The summed E-state index contributed by atoms with van der Waals surface area (Å²) in [5, 5.41) is 4.13. The third kappa shape index (κ3) is 2.96. The lowest BCUT2D eigenvalue weighted by Crippen LogP contribution is -2.30. The molecule has 3 nitrogen and oxygen atoms in total. The van der Waals surface area contributed by atoms with Gasteiger partial charge in [-0.2, -0.15) is 5.10 Å². The Morgan fingerprint density at radius 1 is 1.41 bits per heavy atom. The lowest BCUT2D eigenvalue weighted by atomic mass is 9.71. The van der Waals surface area contributed by atoms with Crippen LogP contribution >= 0.6 is 0 Å². The van der Waals surface area contributed by atoms with Gasteiger partial charge >= 0.3 is 0 Å². The van der Waals surface area contributed by atoms with E-state index in [0.717, 1.165) is 19.3 Å². The molecule has 1 aliphatic rings. The Hall–Kier alpha value is -1.12. The van der Waals surface area contributed by atoms with E-state index < -0.39 is 0 Å². The van der Waals surface area contributed by atoms with Crippen LogP contribution in [0.2, 0.25) is 0 Å². The predicted molar refractivity (Wildman–Crippen MR) is 67.7 cm³/mol. The minimum atomic E-state index is -0.0412. The van der Waals surface area contributed by atoms with E-state index in [2.05, 4.69) is 12.0 Å². The Morgan fingerprint density at radius 2 is 2.12 bits per heavy atom. The van der Waals surface area contributed by atoms with E-state index >= 15 is 0 Å². The van der Waals surface area contributed by atoms with Gasteiger partial charge < -0.3 is 0 Å². The largest absolute Gasteiger partial charge is 0.299 e. The average Bonchev–Trinajstić information content (AvgIpc) is 2.73. The van der Waals surface area contributed by atoms with Gasteiger partial charge in [0.05, 0.1) is 6.20 Å². The first-order valence-corrected chi connectivity index (χ1v) is 6.61. The van der Waals surface area contributed by atoms with E-state index in [1.165, 1.54) is 24.8 Å². The molecule has 0 radical (unpaired) electrons. The minimum Gasteiger partial charge on any atom is -0.299 e. The lowest BCUT2D eigenvalue weighted by molar-refractivity contribution is -0.129. The third-order valence-electron chi connectivity index (χ3n) is 4.03. The molecule has 0 bridgehead atoms. The molecule has 1 aromatic rings. The summed E-state index contributed by atoms with van der Waals surface area (Å²) >= 11 is 0. The molecule has 0 saturated heterocycles. The first-order chi connectivity index (χ1) is 8.10. The summed E-state index contributed by atoms with van der Waals surface area (Å²) in [4.78, 5) is 12.3. The van der Waals surface area contributed by atoms with Crippen molar-refractivity contribution in [1.29, 1.82) is 0 Å². The molecular formula is C14H22N2O. The van der Waals surface area contributed by atoms with Crippen molar-refractivity contribution in [2.75, 3.05) is 0 Å². The molecule has 0 spiro atoms. The lowest BCUT2D eigenvalue weighted by Gasteiger charge is -2.32. The van der Waals surface area contributed by atoms with E-state index in [1.807, 2.05) is 19.4 Å². The molecule has 94 valence electrons. The van der Waals surface area contributed by atoms with Crippen molar-refractivity contribution in [2.24, 2.45) is 12.5 Å². The minimum absolute atomic E-state index is 0.0412. The number of ketones is 1. The Morgan fingerprint density at radius 3 is 2.71 bits per heavy atom. The molecule has 0 aliphatic heterocycles. The Kier molecular flexibility index (Phi) is 3.65. The number of Topliss-reactive ketones (excluding diaryl/α,β-unsaturated/α-hetero) is 1. The van der Waals surface area contributed by atoms with E-state index in [-0.39, 0.29) is 5.41 Å². The van der Waals surface area contributed by atoms with Crippen molar-refractivity contribution in [3.63, 3.8) is 0 Å². The third-order valence-corrected chi connectivity index (χ3v) is 4.03. The molecular weight excluding hydrogens is 212 g/mol. The highest BCUT2D eigenvalue weighted by molar-refractivity contribution is 5.84. The van der Waals surface area contributed by atoms with Crippen LogP contribution in [-0.4, -0.2) is 15.6 Å². The Balaban J connectivity index is 1.88. The van der Waals surface area contributed by atoms with Gasteiger partial charge in [-0.1, -0.05) is 26.2 Å². The predicted octanol–water partition coefficient (Wildman–Crippen LogP) is 2.89. The number of rotatable bonds is 4. The van der Waals surface area contributed by atoms with Gasteiger partial charge in [0.25, 0.3) is 0 Å². The number of aromatic nitrogens is 2. The van der Waals surface area contributed by atoms with Crippen LogP contribution in [0.1, 0.15) is 51.0 Å². The van der Waals surface area contributed by atoms with Gasteiger partial charge in [-0.15, -0.1) is 0 Å². The topological polar surface area (TPSA) is 34.9 Å². The molecule has 1 aliphatic carbocycles. The summed E-state index contributed by atoms with van der Waals surface area (Å²) in [5.74, 6) is 0.445. The normalized spacial score (nSPS) is 19.2. The van der Waals surface area contributed by atoms with Crippen molar-refractivity contribution in [1.82, 2.24) is 9.78 Å². The second-order valence-corrected chi connectivity index (χ2v) is 5.57. The van der Waals surface area contributed by atoms with Crippen LogP contribution in [0.3, 0.4) is 0 Å². The highest BCUT2D eigenvalue weighted by Crippen LogP contribution is 2.37. The van der Waals surface area contributed by atoms with Crippen molar-refractivity contribution in [3.8, 4) is 0 Å². The van der Waals surface area contributed by atoms with E-state index in [4.69, 9.17) is 0 Å². The van der Waals surface area contributed by atoms with Crippen molar-refractivity contribution in [3.05, 3.63) is 18.0 Å². The second kappa shape index (κ2) is 5.03. The summed E-state index contributed by atoms with van der Waals surface area (Å²) in [6, 6.07) is 0. The molecule has 1 fully saturated rings. The Labute approximate surface area is 103 Å². The van der Waals surface area contributed by atoms with E-state index in [9.17, 15) is 4.79 Å². The summed E-state index contributed by atoms with van der Waals surface area (Å²) < 4.78 is 1.79. The van der Waals surface area contributed by atoms with Gasteiger partial charge in [-0.3, -0.25) is 9.48 Å². The molecule has 3 heteroatoms. The molecule has 17 heavy (non-hydrogen) atoms. The number of aryl methyl sites for hydroxylation is 2. The van der Waals surface area contributed by atoms with Gasteiger partial charge in [0, 0.05) is 25.1 Å². The fourth-order valence-corrected chi connectivity index (χ4v) is 2.77. The first-order valence-electron chi connectivity index (χ1n) is 6.61. The fraction of sp³-hybridized carbons (Fsp3) is 0.714. The zero-order valence-corrected chi connectivity index (χ0v) is 10.9. The van der Waals surface area contributed by atoms with Crippen LogP contribution in [0, 0.1) is 5.41 Å². The number of hydrogen-bond donors (Lipinski definition) is 0. The smallest absolute Gasteiger partial charge is 0.139 e. The van der Waals surface area contributed by atoms with Crippen LogP contribution in [0.5, 0.6) is 0 Å². The standard InChI is InChI=1S/C14H22N2O/c1-14(8-4-3-5-9-14)13(17)7-6-12-10-15-16(2)11-12/h10-11H,3-9H2,1-2H3. The van der Waals surface area contributed by atoms with Crippen LogP contribution in [0.25, 0.3) is 0 Å². The van der Waals surface area contributed by atoms with Crippen molar-refractivity contribution in [2.45, 2.75) is 51.9 Å². The second-order valence-electron chi connectivity index (χ2n) is 5.57. The molecule has 2 rings (SSSR count). The maximum absolute atomic E-state index is 12.3. The van der Waals surface area contributed by atoms with Crippen molar-refractivity contribution < 1.29 is 4.79 Å². The van der Waals surface area contributed by atoms with Crippen molar-refractivity contribution >= 4 is 5.78 Å². The van der Waals surface area contributed by atoms with Crippen LogP contribution in [0.4, 0.5) is 0 Å². The summed E-state index contributed by atoms with van der Waals surface area (Å²) in [6.45, 7) is 2.15. The number of hydrogen-bond acceptors (Lipinski definition) is 2. The zero-order chi connectivity index (χ0) is 12.3. The van der Waals surface area contributed by atoms with Crippen LogP contribution in [-0.2, 0) is 18.3 Å². The SMILES string of the molecule is Cn1cc(CCC(=O)C2(C)CCCCC2)cn1. The monoisotopic (exact) mass is 234 g/mol. The van der Waals surface area contributed by atoms with Gasteiger partial charge in [0.1, 0.15) is 5.78 Å². The molecule has 0 N–H and O–H groups in total. The molecule has 1 saturated carbocycles. The highest BCUT2D eigenvalue weighted by Gasteiger charge is 2.33. The summed E-state index contributed by atoms with van der Waals surface area (Å²) in [5.41, 5.74) is 1.13. The van der Waals surface area contributed by atoms with Crippen LogP contribution in [0.15, 0.2) is 12.4 Å². The first kappa shape index (κ1) is 12.3. The maximum Gasteiger partial charge on any atom is 0.139 e. The molecule has 0 unspecified atom stereocenters. The molecule has 0 aromatic carbocycles. The maximum atomic E-state index is 12.3. The van der Waals surface area contributed by atoms with Gasteiger partial charge in [-0.25, -0.2) is 0 Å². The summed E-state index contributed by atoms with van der Waals surface area (Å²) in [7, 11) is 1.91. The van der Waals surface area contributed by atoms with Gasteiger partial charge in [0.15, 0.2) is 0 Å². The molecule has 1 heterocycles. The highest BCUT2D eigenvalue weighted by atomic mass is 16.1. The zero-order valence-electron chi connectivity index (χ0n) is 10.9. The quantitative estimate of drug-likeness (QED) is 0.803. The molecule has 0 atom stereocenters. The summed E-state index contributed by atoms with van der Waals surface area (Å²) in [6.07, 6.45) is 11.3. The van der Waals surface area contributed by atoms with Gasteiger partial charge in [0.2, 0.25) is 0 Å². The van der Waals surface area contributed by atoms with E-state index in [1.54, 1.807) is 4.68 Å². The van der Waals surface area contributed by atoms with Gasteiger partial charge in [-0.05, 0) is 24.8 Å². The number of carbonyl (C=O) groups is 1. The molecule has 1 aromatic heterocycles. The molecule has 0 amide bonds. The Bertz CT molecular complexity index is 389. The van der Waals surface area contributed by atoms with E-state index in [0.29, 0.717) is 12.2 Å². The fourth-order valence-electron chi connectivity index (χ4n) is 2.77.